The monoisotopic (exact) mass is 402 g/mol. The Hall–Kier alpha value is -3.47. The number of carboxylic acid groups (broad SMARTS) is 1. The van der Waals surface area contributed by atoms with Crippen molar-refractivity contribution >= 4 is 5.97 Å². The molecule has 0 radical (unpaired) electrons. The maximum absolute atomic E-state index is 12.6. The lowest BCUT2D eigenvalue weighted by molar-refractivity contribution is -0.142. The van der Waals surface area contributed by atoms with Crippen molar-refractivity contribution in [1.82, 2.24) is 0 Å². The highest BCUT2D eigenvalue weighted by Gasteiger charge is 2.46. The van der Waals surface area contributed by atoms with Crippen molar-refractivity contribution in [3.05, 3.63) is 89.0 Å². The molecule has 1 aliphatic carbocycles. The average molecular weight is 402 g/mol. The smallest absolute Gasteiger partial charge is 0.308 e. The van der Waals surface area contributed by atoms with Crippen LogP contribution in [-0.4, -0.2) is 24.5 Å². The molecule has 3 aromatic carbocycles. The number of carboxylic acids is 1. The lowest BCUT2D eigenvalue weighted by Crippen LogP contribution is -2.23. The van der Waals surface area contributed by atoms with Crippen LogP contribution < -0.4 is 14.2 Å². The molecule has 0 fully saturated rings. The second-order valence-electron chi connectivity index (χ2n) is 7.56. The van der Waals surface area contributed by atoms with Gasteiger partial charge in [-0.1, -0.05) is 42.5 Å². The Bertz CT molecular complexity index is 1090. The number of carbonyl (C=O) groups is 1. The van der Waals surface area contributed by atoms with Gasteiger partial charge in [0, 0.05) is 11.8 Å². The summed E-state index contributed by atoms with van der Waals surface area (Å²) < 4.78 is 16.5. The van der Waals surface area contributed by atoms with E-state index in [4.69, 9.17) is 14.2 Å². The summed E-state index contributed by atoms with van der Waals surface area (Å²) in [6, 6.07) is 21.5. The highest BCUT2D eigenvalue weighted by molar-refractivity contribution is 5.78. The first-order valence-electron chi connectivity index (χ1n) is 10.1. The summed E-state index contributed by atoms with van der Waals surface area (Å²) in [6.45, 7) is 2.73. The highest BCUT2D eigenvalue weighted by Crippen LogP contribution is 2.53. The lowest BCUT2D eigenvalue weighted by atomic mass is 9.79. The SMILES string of the molecule is CCOc1ccc(C2c3ccccc3C(c3ccc4c(c3)OCO4)C2C(=O)O)cc1. The molecule has 2 aliphatic rings. The van der Waals surface area contributed by atoms with E-state index in [0.29, 0.717) is 18.1 Å². The summed E-state index contributed by atoms with van der Waals surface area (Å²) in [5.74, 6) is 0.188. The van der Waals surface area contributed by atoms with E-state index in [2.05, 4.69) is 0 Å². The first-order chi connectivity index (χ1) is 14.7. The van der Waals surface area contributed by atoms with Crippen LogP contribution in [0.2, 0.25) is 0 Å². The first-order valence-corrected chi connectivity index (χ1v) is 10.1. The quantitative estimate of drug-likeness (QED) is 0.665. The molecule has 3 atom stereocenters. The topological polar surface area (TPSA) is 65.0 Å². The Labute approximate surface area is 174 Å². The molecule has 0 spiro atoms. The second kappa shape index (κ2) is 7.41. The van der Waals surface area contributed by atoms with Gasteiger partial charge in [0.2, 0.25) is 6.79 Å². The van der Waals surface area contributed by atoms with E-state index in [1.54, 1.807) is 0 Å². The van der Waals surface area contributed by atoms with Crippen LogP contribution in [0.3, 0.4) is 0 Å². The molecule has 1 N–H and O–H groups in total. The van der Waals surface area contributed by atoms with Gasteiger partial charge in [-0.25, -0.2) is 0 Å². The van der Waals surface area contributed by atoms with Crippen molar-refractivity contribution < 1.29 is 24.1 Å². The highest BCUT2D eigenvalue weighted by atomic mass is 16.7. The zero-order valence-corrected chi connectivity index (χ0v) is 16.6. The van der Waals surface area contributed by atoms with Gasteiger partial charge in [0.25, 0.3) is 0 Å². The van der Waals surface area contributed by atoms with Gasteiger partial charge in [-0.15, -0.1) is 0 Å². The summed E-state index contributed by atoms with van der Waals surface area (Å²) in [5, 5.41) is 10.3. The summed E-state index contributed by atoms with van der Waals surface area (Å²) in [7, 11) is 0. The normalized spacial score (nSPS) is 21.3. The number of rotatable bonds is 5. The van der Waals surface area contributed by atoms with Crippen LogP contribution >= 0.6 is 0 Å². The third-order valence-electron chi connectivity index (χ3n) is 5.98. The molecule has 0 bridgehead atoms. The van der Waals surface area contributed by atoms with Gasteiger partial charge in [0.15, 0.2) is 11.5 Å². The van der Waals surface area contributed by atoms with Gasteiger partial charge in [-0.05, 0) is 53.4 Å². The van der Waals surface area contributed by atoms with Crippen molar-refractivity contribution in [3.63, 3.8) is 0 Å². The molecule has 3 aromatic rings. The minimum atomic E-state index is -0.812. The maximum atomic E-state index is 12.6. The molecule has 1 heterocycles. The Balaban J connectivity index is 1.62. The van der Waals surface area contributed by atoms with E-state index < -0.39 is 11.9 Å². The summed E-state index contributed by atoms with van der Waals surface area (Å²) >= 11 is 0. The molecule has 152 valence electrons. The summed E-state index contributed by atoms with van der Waals surface area (Å²) in [6.07, 6.45) is 0. The largest absolute Gasteiger partial charge is 0.494 e. The Morgan fingerprint density at radius 3 is 2.23 bits per heavy atom. The van der Waals surface area contributed by atoms with E-state index in [1.807, 2.05) is 73.7 Å². The minimum absolute atomic E-state index is 0.192. The number of ether oxygens (including phenoxy) is 3. The average Bonchev–Trinajstić information content (AvgIpc) is 3.36. The van der Waals surface area contributed by atoms with E-state index in [-0.39, 0.29) is 18.6 Å². The van der Waals surface area contributed by atoms with Crippen LogP contribution in [0.15, 0.2) is 66.7 Å². The van der Waals surface area contributed by atoms with Crippen molar-refractivity contribution in [3.8, 4) is 17.2 Å². The van der Waals surface area contributed by atoms with Crippen molar-refractivity contribution in [2.24, 2.45) is 5.92 Å². The predicted molar refractivity (Wildman–Crippen MR) is 111 cm³/mol. The van der Waals surface area contributed by atoms with Crippen LogP contribution in [0.1, 0.15) is 41.0 Å². The van der Waals surface area contributed by atoms with Crippen molar-refractivity contribution in [2.75, 3.05) is 13.4 Å². The lowest BCUT2D eigenvalue weighted by Gasteiger charge is -2.23. The van der Waals surface area contributed by atoms with E-state index in [9.17, 15) is 9.90 Å². The molecule has 1 aliphatic heterocycles. The van der Waals surface area contributed by atoms with Gasteiger partial charge in [-0.2, -0.15) is 0 Å². The van der Waals surface area contributed by atoms with Crippen LogP contribution in [0.5, 0.6) is 17.2 Å². The molecule has 0 amide bonds. The summed E-state index contributed by atoms with van der Waals surface area (Å²) in [4.78, 5) is 12.6. The molecular formula is C25H22O5. The van der Waals surface area contributed by atoms with Gasteiger partial charge in [0.05, 0.1) is 12.5 Å². The number of hydrogen-bond acceptors (Lipinski definition) is 4. The first kappa shape index (κ1) is 18.6. The molecule has 5 nitrogen and oxygen atoms in total. The molecular weight excluding hydrogens is 380 g/mol. The predicted octanol–water partition coefficient (Wildman–Crippen LogP) is 4.79. The zero-order valence-electron chi connectivity index (χ0n) is 16.6. The maximum Gasteiger partial charge on any atom is 0.308 e. The Morgan fingerprint density at radius 2 is 1.57 bits per heavy atom. The molecule has 3 unspecified atom stereocenters. The molecule has 5 heteroatoms. The third-order valence-corrected chi connectivity index (χ3v) is 5.98. The van der Waals surface area contributed by atoms with Gasteiger partial charge in [0.1, 0.15) is 5.75 Å². The molecule has 5 rings (SSSR count). The standard InChI is InChI=1S/C25H22O5/c1-2-28-17-10-7-15(8-11-17)22-18-5-3-4-6-19(18)23(24(22)25(26)27)16-9-12-20-21(13-16)30-14-29-20/h3-13,22-24H,2,14H2,1H3,(H,26,27). The number of fused-ring (bicyclic) bond motifs is 2. The van der Waals surface area contributed by atoms with Crippen LogP contribution in [-0.2, 0) is 4.79 Å². The number of hydrogen-bond donors (Lipinski definition) is 1. The fraction of sp³-hybridized carbons (Fsp3) is 0.240. The number of benzene rings is 3. The Morgan fingerprint density at radius 1 is 0.933 bits per heavy atom. The van der Waals surface area contributed by atoms with Crippen molar-refractivity contribution in [2.45, 2.75) is 18.8 Å². The molecule has 0 aromatic heterocycles. The fourth-order valence-electron chi connectivity index (χ4n) is 4.76. The van der Waals surface area contributed by atoms with Gasteiger partial charge >= 0.3 is 5.97 Å². The van der Waals surface area contributed by atoms with E-state index >= 15 is 0 Å². The second-order valence-corrected chi connectivity index (χ2v) is 7.56. The molecule has 0 saturated heterocycles. The van der Waals surface area contributed by atoms with E-state index in [0.717, 1.165) is 28.0 Å². The van der Waals surface area contributed by atoms with Crippen LogP contribution in [0.4, 0.5) is 0 Å². The number of aliphatic carboxylic acids is 1. The Kier molecular flexibility index (Phi) is 4.58. The van der Waals surface area contributed by atoms with Crippen LogP contribution in [0.25, 0.3) is 0 Å². The van der Waals surface area contributed by atoms with Crippen molar-refractivity contribution in [1.29, 1.82) is 0 Å². The zero-order chi connectivity index (χ0) is 20.7. The van der Waals surface area contributed by atoms with Gasteiger partial charge < -0.3 is 19.3 Å². The third kappa shape index (κ3) is 2.98. The minimum Gasteiger partial charge on any atom is -0.494 e. The summed E-state index contributed by atoms with van der Waals surface area (Å²) in [5.41, 5.74) is 3.99. The molecule has 30 heavy (non-hydrogen) atoms. The van der Waals surface area contributed by atoms with E-state index in [1.165, 1.54) is 0 Å². The fourth-order valence-corrected chi connectivity index (χ4v) is 4.76. The van der Waals surface area contributed by atoms with Crippen LogP contribution in [0, 0.1) is 5.92 Å². The van der Waals surface area contributed by atoms with Gasteiger partial charge in [-0.3, -0.25) is 4.79 Å². The molecule has 0 saturated carbocycles.